The summed E-state index contributed by atoms with van der Waals surface area (Å²) >= 11 is 0. The summed E-state index contributed by atoms with van der Waals surface area (Å²) in [5.74, 6) is -2.20. The third kappa shape index (κ3) is 4.59. The zero-order chi connectivity index (χ0) is 20.1. The normalized spacial score (nSPS) is 10.5. The van der Waals surface area contributed by atoms with Gasteiger partial charge in [-0.15, -0.1) is 0 Å². The highest BCUT2D eigenvalue weighted by Crippen LogP contribution is 2.24. The lowest BCUT2D eigenvalue weighted by Crippen LogP contribution is -2.14. The highest BCUT2D eigenvalue weighted by Gasteiger charge is 2.14. The van der Waals surface area contributed by atoms with Gasteiger partial charge in [-0.3, -0.25) is 4.79 Å². The van der Waals surface area contributed by atoms with E-state index in [1.54, 1.807) is 31.2 Å². The summed E-state index contributed by atoms with van der Waals surface area (Å²) in [6.07, 6.45) is -0.105. The molecule has 0 bridgehead atoms. The maximum atomic E-state index is 13.8. The van der Waals surface area contributed by atoms with Gasteiger partial charge in [0, 0.05) is 17.8 Å². The monoisotopic (exact) mass is 386 g/mol. The molecule has 0 aliphatic carbocycles. The number of ether oxygens (including phenoxy) is 1. The average Bonchev–Trinajstić information content (AvgIpc) is 3.10. The minimum absolute atomic E-state index is 0.0510. The van der Waals surface area contributed by atoms with Crippen LogP contribution in [-0.2, 0) is 16.0 Å². The number of halogens is 2. The van der Waals surface area contributed by atoms with Crippen LogP contribution < -0.4 is 5.32 Å². The molecule has 1 heterocycles. The summed E-state index contributed by atoms with van der Waals surface area (Å²) in [5, 5.41) is 6.40. The number of esters is 1. The smallest absolute Gasteiger partial charge is 0.338 e. The number of nitrogens with zero attached hydrogens (tertiary/aromatic N) is 1. The van der Waals surface area contributed by atoms with Gasteiger partial charge in [0.15, 0.2) is 5.76 Å². The molecule has 1 amide bonds. The molecule has 28 heavy (non-hydrogen) atoms. The Bertz CT molecular complexity index is 1000. The molecule has 0 aliphatic heterocycles. The Kier molecular flexibility index (Phi) is 5.78. The number of carbonyl (C=O) groups is 2. The van der Waals surface area contributed by atoms with Gasteiger partial charge in [-0.05, 0) is 43.3 Å². The van der Waals surface area contributed by atoms with Crippen molar-refractivity contribution in [2.45, 2.75) is 13.3 Å². The maximum Gasteiger partial charge on any atom is 0.338 e. The van der Waals surface area contributed by atoms with Crippen LogP contribution in [0.25, 0.3) is 11.3 Å². The van der Waals surface area contributed by atoms with Gasteiger partial charge in [0.25, 0.3) is 0 Å². The molecule has 144 valence electrons. The van der Waals surface area contributed by atoms with E-state index in [9.17, 15) is 18.4 Å². The van der Waals surface area contributed by atoms with Gasteiger partial charge in [-0.2, -0.15) is 0 Å². The van der Waals surface area contributed by atoms with E-state index < -0.39 is 17.6 Å². The third-order valence-electron chi connectivity index (χ3n) is 3.78. The average molecular weight is 386 g/mol. The molecule has 0 spiro atoms. The van der Waals surface area contributed by atoms with E-state index in [-0.39, 0.29) is 30.3 Å². The topological polar surface area (TPSA) is 81.4 Å². The molecule has 0 radical (unpaired) electrons. The molecule has 8 heteroatoms. The highest BCUT2D eigenvalue weighted by atomic mass is 19.1. The van der Waals surface area contributed by atoms with Crippen molar-refractivity contribution < 1.29 is 27.6 Å². The van der Waals surface area contributed by atoms with Crippen molar-refractivity contribution in [1.82, 2.24) is 5.16 Å². The van der Waals surface area contributed by atoms with E-state index in [1.165, 1.54) is 12.1 Å². The fraction of sp³-hybridized carbons (Fsp3) is 0.150. The van der Waals surface area contributed by atoms with Crippen molar-refractivity contribution in [2.75, 3.05) is 11.9 Å². The summed E-state index contributed by atoms with van der Waals surface area (Å²) in [7, 11) is 0. The first-order valence-corrected chi connectivity index (χ1v) is 8.44. The van der Waals surface area contributed by atoms with Crippen molar-refractivity contribution >= 4 is 17.6 Å². The second-order valence-corrected chi connectivity index (χ2v) is 5.83. The van der Waals surface area contributed by atoms with Gasteiger partial charge in [-0.1, -0.05) is 5.16 Å². The summed E-state index contributed by atoms with van der Waals surface area (Å²) in [6, 6.07) is 10.7. The first-order valence-electron chi connectivity index (χ1n) is 8.44. The molecular formula is C20H16F2N2O4. The largest absolute Gasteiger partial charge is 0.462 e. The van der Waals surface area contributed by atoms with Crippen LogP contribution in [0.4, 0.5) is 14.5 Å². The number of amides is 1. The SMILES string of the molecule is CCOC(=O)c1ccc(NC(=O)Cc2cc(-c3ccc(F)cc3F)on2)cc1. The van der Waals surface area contributed by atoms with Gasteiger partial charge in [0.05, 0.1) is 29.8 Å². The zero-order valence-electron chi connectivity index (χ0n) is 14.9. The van der Waals surface area contributed by atoms with Crippen LogP contribution in [0.15, 0.2) is 53.1 Å². The van der Waals surface area contributed by atoms with Crippen LogP contribution in [0.1, 0.15) is 23.0 Å². The van der Waals surface area contributed by atoms with Crippen molar-refractivity contribution in [3.63, 3.8) is 0 Å². The Labute approximate surface area is 159 Å². The Morgan fingerprint density at radius 3 is 2.54 bits per heavy atom. The number of anilines is 1. The van der Waals surface area contributed by atoms with Crippen LogP contribution >= 0.6 is 0 Å². The molecule has 0 saturated carbocycles. The Morgan fingerprint density at radius 1 is 1.11 bits per heavy atom. The number of rotatable bonds is 6. The van der Waals surface area contributed by atoms with E-state index in [0.717, 1.165) is 12.1 Å². The fourth-order valence-electron chi connectivity index (χ4n) is 2.49. The van der Waals surface area contributed by atoms with E-state index in [4.69, 9.17) is 9.26 Å². The van der Waals surface area contributed by atoms with E-state index in [0.29, 0.717) is 16.9 Å². The van der Waals surface area contributed by atoms with E-state index in [2.05, 4.69) is 10.5 Å². The molecule has 3 rings (SSSR count). The van der Waals surface area contributed by atoms with Crippen LogP contribution in [0, 0.1) is 11.6 Å². The molecule has 2 aromatic carbocycles. The molecule has 0 atom stereocenters. The van der Waals surface area contributed by atoms with Crippen molar-refractivity contribution in [3.05, 3.63) is 71.4 Å². The van der Waals surface area contributed by atoms with Crippen LogP contribution in [0.5, 0.6) is 0 Å². The molecule has 0 unspecified atom stereocenters. The van der Waals surface area contributed by atoms with Crippen molar-refractivity contribution in [2.24, 2.45) is 0 Å². The number of hydrogen-bond acceptors (Lipinski definition) is 5. The Morgan fingerprint density at radius 2 is 1.86 bits per heavy atom. The molecular weight excluding hydrogens is 370 g/mol. The summed E-state index contributed by atoms with van der Waals surface area (Å²) < 4.78 is 36.7. The lowest BCUT2D eigenvalue weighted by atomic mass is 10.1. The number of carbonyl (C=O) groups excluding carboxylic acids is 2. The second kappa shape index (κ2) is 8.43. The maximum absolute atomic E-state index is 13.8. The van der Waals surface area contributed by atoms with Crippen LogP contribution in [0.2, 0.25) is 0 Å². The van der Waals surface area contributed by atoms with Crippen LogP contribution in [0.3, 0.4) is 0 Å². The molecule has 3 aromatic rings. The highest BCUT2D eigenvalue weighted by molar-refractivity contribution is 5.93. The third-order valence-corrected chi connectivity index (χ3v) is 3.78. The zero-order valence-corrected chi connectivity index (χ0v) is 14.9. The number of benzene rings is 2. The van der Waals surface area contributed by atoms with Gasteiger partial charge in [0.1, 0.15) is 11.6 Å². The number of nitrogens with one attached hydrogen (secondary N) is 1. The minimum atomic E-state index is -0.783. The van der Waals surface area contributed by atoms with Gasteiger partial charge in [-0.25, -0.2) is 13.6 Å². The second-order valence-electron chi connectivity index (χ2n) is 5.83. The molecule has 1 N–H and O–H groups in total. The summed E-state index contributed by atoms with van der Waals surface area (Å²) in [4.78, 5) is 23.8. The fourth-order valence-corrected chi connectivity index (χ4v) is 2.49. The number of hydrogen-bond donors (Lipinski definition) is 1. The quantitative estimate of drug-likeness (QED) is 0.648. The van der Waals surface area contributed by atoms with E-state index >= 15 is 0 Å². The lowest BCUT2D eigenvalue weighted by Gasteiger charge is -2.05. The molecule has 1 aromatic heterocycles. The molecule has 0 aliphatic rings. The van der Waals surface area contributed by atoms with Crippen molar-refractivity contribution in [3.8, 4) is 11.3 Å². The minimum Gasteiger partial charge on any atom is -0.462 e. The lowest BCUT2D eigenvalue weighted by molar-refractivity contribution is -0.115. The van der Waals surface area contributed by atoms with E-state index in [1.807, 2.05) is 0 Å². The Hall–Kier alpha value is -3.55. The predicted octanol–water partition coefficient (Wildman–Crippen LogP) is 3.98. The first kappa shape index (κ1) is 19.2. The number of aromatic nitrogens is 1. The molecule has 0 saturated heterocycles. The van der Waals surface area contributed by atoms with Gasteiger partial charge < -0.3 is 14.6 Å². The van der Waals surface area contributed by atoms with Crippen molar-refractivity contribution in [1.29, 1.82) is 0 Å². The molecule has 0 fully saturated rings. The predicted molar refractivity (Wildman–Crippen MR) is 96.6 cm³/mol. The standard InChI is InChI=1S/C20H16F2N2O4/c1-2-27-20(26)12-3-6-14(7-4-12)23-19(25)11-15-10-18(28-24-15)16-8-5-13(21)9-17(16)22/h3-10H,2,11H2,1H3,(H,23,25). The Balaban J connectivity index is 1.62. The molecule has 6 nitrogen and oxygen atoms in total. The van der Waals surface area contributed by atoms with Gasteiger partial charge >= 0.3 is 5.97 Å². The van der Waals surface area contributed by atoms with Gasteiger partial charge in [0.2, 0.25) is 5.91 Å². The summed E-state index contributed by atoms with van der Waals surface area (Å²) in [5.41, 5.74) is 1.21. The summed E-state index contributed by atoms with van der Waals surface area (Å²) in [6.45, 7) is 1.99. The first-order chi connectivity index (χ1) is 13.5. The van der Waals surface area contributed by atoms with Crippen LogP contribution in [-0.4, -0.2) is 23.6 Å².